The number of hydrogen-bond acceptors (Lipinski definition) is 6. The molecule has 466 valence electrons. The van der Waals surface area contributed by atoms with E-state index >= 15 is 0 Å². The number of unbranched alkanes of at least 4 members (excludes halogenated alkanes) is 44. The molecule has 0 fully saturated rings. The molecular formula is C74H134O6. The van der Waals surface area contributed by atoms with E-state index in [0.717, 1.165) is 103 Å². The molecule has 0 rings (SSSR count). The monoisotopic (exact) mass is 1120 g/mol. The van der Waals surface area contributed by atoms with Gasteiger partial charge in [-0.2, -0.15) is 0 Å². The summed E-state index contributed by atoms with van der Waals surface area (Å²) in [4.78, 5) is 38.4. The molecule has 0 aliphatic rings. The molecule has 0 aromatic rings. The van der Waals surface area contributed by atoms with Crippen LogP contribution in [0.4, 0.5) is 0 Å². The summed E-state index contributed by atoms with van der Waals surface area (Å²) in [5, 5.41) is 0. The van der Waals surface area contributed by atoms with Crippen LogP contribution in [-0.4, -0.2) is 37.2 Å². The smallest absolute Gasteiger partial charge is 0.306 e. The summed E-state index contributed by atoms with van der Waals surface area (Å²) in [5.74, 6) is -0.896. The highest BCUT2D eigenvalue weighted by Crippen LogP contribution is 2.18. The van der Waals surface area contributed by atoms with E-state index in [0.29, 0.717) is 19.3 Å². The second-order valence-corrected chi connectivity index (χ2v) is 23.8. The van der Waals surface area contributed by atoms with E-state index in [1.807, 2.05) is 0 Å². The van der Waals surface area contributed by atoms with Gasteiger partial charge in [0.25, 0.3) is 0 Å². The van der Waals surface area contributed by atoms with Gasteiger partial charge in [0.05, 0.1) is 0 Å². The quantitative estimate of drug-likeness (QED) is 0.0261. The first-order valence-electron chi connectivity index (χ1n) is 35.3. The SMILES string of the molecule is CC/C=C\C/C=C\C/C=C\C/C=C\CCCCCCC(=O)OC(COC(=O)CCCCCCC/C=C\CCCCCCC)COC(=O)CCCCCCCCCCCCCCCCCCCCCCCCCCCCCCCCC. The van der Waals surface area contributed by atoms with Gasteiger partial charge in [0, 0.05) is 19.3 Å². The fourth-order valence-electron chi connectivity index (χ4n) is 10.5. The summed E-state index contributed by atoms with van der Waals surface area (Å²) in [6.45, 7) is 6.55. The Kier molecular flexibility index (Phi) is 66.1. The van der Waals surface area contributed by atoms with Gasteiger partial charge < -0.3 is 14.2 Å². The Morgan fingerprint density at radius 1 is 0.263 bits per heavy atom. The van der Waals surface area contributed by atoms with Crippen molar-refractivity contribution in [3.8, 4) is 0 Å². The summed E-state index contributed by atoms with van der Waals surface area (Å²) < 4.78 is 16.9. The zero-order valence-corrected chi connectivity index (χ0v) is 53.6. The van der Waals surface area contributed by atoms with Crippen LogP contribution in [0, 0.1) is 0 Å². The maximum atomic E-state index is 12.9. The van der Waals surface area contributed by atoms with Crippen molar-refractivity contribution < 1.29 is 28.6 Å². The van der Waals surface area contributed by atoms with Crippen LogP contribution in [0.2, 0.25) is 0 Å². The largest absolute Gasteiger partial charge is 0.462 e. The van der Waals surface area contributed by atoms with Gasteiger partial charge in [-0.25, -0.2) is 0 Å². The molecule has 0 radical (unpaired) electrons. The molecule has 0 aromatic carbocycles. The van der Waals surface area contributed by atoms with Crippen molar-refractivity contribution in [1.29, 1.82) is 0 Å². The predicted molar refractivity (Wildman–Crippen MR) is 348 cm³/mol. The third-order valence-corrected chi connectivity index (χ3v) is 15.8. The number of ether oxygens (including phenoxy) is 3. The number of carbonyl (C=O) groups excluding carboxylic acids is 3. The maximum Gasteiger partial charge on any atom is 0.306 e. The molecule has 0 N–H and O–H groups in total. The van der Waals surface area contributed by atoms with Gasteiger partial charge in [-0.3, -0.25) is 14.4 Å². The van der Waals surface area contributed by atoms with Gasteiger partial charge in [0.15, 0.2) is 6.10 Å². The van der Waals surface area contributed by atoms with E-state index in [2.05, 4.69) is 81.5 Å². The van der Waals surface area contributed by atoms with Gasteiger partial charge in [-0.05, 0) is 83.5 Å². The molecule has 0 saturated carbocycles. The summed E-state index contributed by atoms with van der Waals surface area (Å²) in [6, 6.07) is 0. The lowest BCUT2D eigenvalue weighted by Crippen LogP contribution is -2.30. The minimum atomic E-state index is -0.790. The molecule has 0 aliphatic heterocycles. The maximum absolute atomic E-state index is 12.9. The fourth-order valence-corrected chi connectivity index (χ4v) is 10.5. The Morgan fingerprint density at radius 3 is 0.775 bits per heavy atom. The van der Waals surface area contributed by atoms with Crippen LogP contribution < -0.4 is 0 Å². The van der Waals surface area contributed by atoms with Gasteiger partial charge in [-0.1, -0.05) is 332 Å². The van der Waals surface area contributed by atoms with Gasteiger partial charge in [-0.15, -0.1) is 0 Å². The Bertz CT molecular complexity index is 1430. The highest BCUT2D eigenvalue weighted by atomic mass is 16.6. The number of esters is 3. The molecular weight excluding hydrogens is 985 g/mol. The van der Waals surface area contributed by atoms with Crippen molar-refractivity contribution >= 4 is 17.9 Å². The topological polar surface area (TPSA) is 78.9 Å². The van der Waals surface area contributed by atoms with Crippen LogP contribution >= 0.6 is 0 Å². The normalized spacial score (nSPS) is 12.4. The third kappa shape index (κ3) is 65.9. The minimum Gasteiger partial charge on any atom is -0.462 e. The Morgan fingerprint density at radius 2 is 0.487 bits per heavy atom. The van der Waals surface area contributed by atoms with E-state index in [1.54, 1.807) is 0 Å². The van der Waals surface area contributed by atoms with E-state index in [9.17, 15) is 14.4 Å². The van der Waals surface area contributed by atoms with Crippen LogP contribution in [-0.2, 0) is 28.6 Å². The van der Waals surface area contributed by atoms with Gasteiger partial charge in [0.2, 0.25) is 0 Å². The Balaban J connectivity index is 4.18. The third-order valence-electron chi connectivity index (χ3n) is 15.8. The van der Waals surface area contributed by atoms with Crippen LogP contribution in [0.1, 0.15) is 374 Å². The standard InChI is InChI=1S/C74H134O6/c1-4-7-10-13-16-19-22-25-28-30-31-32-33-34-35-36-37-38-39-40-41-42-43-45-46-49-52-55-58-61-64-67-73(76)79-70-71(69-78-72(75)66-63-60-57-54-51-48-27-24-21-18-15-12-9-6-3)80-74(77)68-65-62-59-56-53-50-47-44-29-26-23-20-17-14-11-8-5-2/h8,11,17,20,24,26-27,29,47,50,71H,4-7,9-10,12-16,18-19,21-23,25,28,30-46,48-49,51-70H2,1-3H3/b11-8-,20-17-,27-24-,29-26-,50-47-. The molecule has 0 aliphatic carbocycles. The zero-order valence-electron chi connectivity index (χ0n) is 53.6. The molecule has 80 heavy (non-hydrogen) atoms. The second-order valence-electron chi connectivity index (χ2n) is 23.8. The molecule has 1 atom stereocenters. The van der Waals surface area contributed by atoms with E-state index in [4.69, 9.17) is 14.2 Å². The minimum absolute atomic E-state index is 0.0837. The molecule has 0 bridgehead atoms. The van der Waals surface area contributed by atoms with Crippen molar-refractivity contribution in [2.24, 2.45) is 0 Å². The van der Waals surface area contributed by atoms with E-state index in [1.165, 1.54) is 231 Å². The van der Waals surface area contributed by atoms with Crippen molar-refractivity contribution in [3.63, 3.8) is 0 Å². The van der Waals surface area contributed by atoms with Crippen molar-refractivity contribution in [3.05, 3.63) is 60.8 Å². The summed E-state index contributed by atoms with van der Waals surface area (Å²) >= 11 is 0. The summed E-state index contributed by atoms with van der Waals surface area (Å²) in [5.41, 5.74) is 0. The van der Waals surface area contributed by atoms with E-state index in [-0.39, 0.29) is 31.1 Å². The van der Waals surface area contributed by atoms with Gasteiger partial charge in [0.1, 0.15) is 13.2 Å². The summed E-state index contributed by atoms with van der Waals surface area (Å²) in [7, 11) is 0. The van der Waals surface area contributed by atoms with Gasteiger partial charge >= 0.3 is 17.9 Å². The number of allylic oxidation sites excluding steroid dienone is 10. The number of rotatable bonds is 65. The molecule has 6 heteroatoms. The molecule has 0 saturated heterocycles. The second kappa shape index (κ2) is 68.6. The molecule has 0 aromatic heterocycles. The lowest BCUT2D eigenvalue weighted by molar-refractivity contribution is -0.167. The molecule has 1 unspecified atom stereocenters. The zero-order chi connectivity index (χ0) is 57.8. The van der Waals surface area contributed by atoms with Crippen LogP contribution in [0.3, 0.4) is 0 Å². The first-order valence-corrected chi connectivity index (χ1v) is 35.3. The average Bonchev–Trinajstić information content (AvgIpc) is 3.46. The van der Waals surface area contributed by atoms with Crippen molar-refractivity contribution in [1.82, 2.24) is 0 Å². The molecule has 6 nitrogen and oxygen atoms in total. The van der Waals surface area contributed by atoms with Crippen LogP contribution in [0.25, 0.3) is 0 Å². The molecule has 0 heterocycles. The number of hydrogen-bond donors (Lipinski definition) is 0. The van der Waals surface area contributed by atoms with Crippen LogP contribution in [0.5, 0.6) is 0 Å². The fraction of sp³-hybridized carbons (Fsp3) is 0.824. The molecule has 0 amide bonds. The van der Waals surface area contributed by atoms with E-state index < -0.39 is 6.10 Å². The number of carbonyl (C=O) groups is 3. The summed E-state index contributed by atoms with van der Waals surface area (Å²) in [6.07, 6.45) is 88.4. The Hall–Kier alpha value is -2.89. The molecule has 0 spiro atoms. The Labute approximate surface area is 498 Å². The van der Waals surface area contributed by atoms with Crippen molar-refractivity contribution in [2.45, 2.75) is 380 Å². The van der Waals surface area contributed by atoms with Crippen molar-refractivity contribution in [2.75, 3.05) is 13.2 Å². The highest BCUT2D eigenvalue weighted by Gasteiger charge is 2.19. The first-order chi connectivity index (χ1) is 39.5. The highest BCUT2D eigenvalue weighted by molar-refractivity contribution is 5.71. The average molecular weight is 1120 g/mol. The van der Waals surface area contributed by atoms with Crippen LogP contribution in [0.15, 0.2) is 60.8 Å². The lowest BCUT2D eigenvalue weighted by atomic mass is 10.0. The lowest BCUT2D eigenvalue weighted by Gasteiger charge is -2.18. The first kappa shape index (κ1) is 77.1. The predicted octanol–water partition coefficient (Wildman–Crippen LogP) is 24.3.